The molecule has 1 N–H and O–H groups in total. The quantitative estimate of drug-likeness (QED) is 0.874. The van der Waals surface area contributed by atoms with Gasteiger partial charge in [0.15, 0.2) is 11.5 Å². The lowest BCUT2D eigenvalue weighted by molar-refractivity contribution is -0.136. The molecule has 1 heterocycles. The van der Waals surface area contributed by atoms with Crippen molar-refractivity contribution in [1.29, 1.82) is 0 Å². The van der Waals surface area contributed by atoms with Gasteiger partial charge in [0, 0.05) is 5.56 Å². The summed E-state index contributed by atoms with van der Waals surface area (Å²) in [5, 5.41) is 8.91. The van der Waals surface area contributed by atoms with Crippen LogP contribution in [0.15, 0.2) is 12.1 Å². The Kier molecular flexibility index (Phi) is 3.22. The molecule has 17 heavy (non-hydrogen) atoms. The van der Waals surface area contributed by atoms with Crippen molar-refractivity contribution < 1.29 is 19.4 Å². The Morgan fingerprint density at radius 3 is 2.71 bits per heavy atom. The molecule has 0 radical (unpaired) electrons. The normalized spacial score (nSPS) is 13.8. The summed E-state index contributed by atoms with van der Waals surface area (Å²) in [6.07, 6.45) is 0.0180. The summed E-state index contributed by atoms with van der Waals surface area (Å²) >= 11 is 0. The smallest absolute Gasteiger partial charge is 0.307 e. The van der Waals surface area contributed by atoms with Gasteiger partial charge in [-0.3, -0.25) is 4.79 Å². The molecular weight excluding hydrogens is 220 g/mol. The molecule has 0 amide bonds. The largest absolute Gasteiger partial charge is 0.486 e. The Balaban J connectivity index is 2.49. The van der Waals surface area contributed by atoms with Crippen LogP contribution in [-0.2, 0) is 11.2 Å². The Labute approximate surface area is 100 Å². The van der Waals surface area contributed by atoms with Crippen molar-refractivity contribution >= 4 is 5.97 Å². The van der Waals surface area contributed by atoms with Gasteiger partial charge in [-0.25, -0.2) is 0 Å². The van der Waals surface area contributed by atoms with Crippen LogP contribution >= 0.6 is 0 Å². The van der Waals surface area contributed by atoms with Gasteiger partial charge in [0.1, 0.15) is 13.2 Å². The second-order valence-electron chi connectivity index (χ2n) is 4.39. The van der Waals surface area contributed by atoms with Crippen LogP contribution in [0.4, 0.5) is 0 Å². The fourth-order valence-electron chi connectivity index (χ4n) is 2.13. The van der Waals surface area contributed by atoms with Crippen LogP contribution in [0.2, 0.25) is 0 Å². The number of benzene rings is 1. The minimum absolute atomic E-state index is 0.0180. The molecular formula is C13H16O4. The van der Waals surface area contributed by atoms with Crippen LogP contribution in [0.25, 0.3) is 0 Å². The summed E-state index contributed by atoms with van der Waals surface area (Å²) in [4.78, 5) is 10.8. The number of hydrogen-bond acceptors (Lipinski definition) is 3. The molecule has 0 spiro atoms. The summed E-state index contributed by atoms with van der Waals surface area (Å²) in [6.45, 7) is 5.11. The number of aliphatic carboxylic acids is 1. The van der Waals surface area contributed by atoms with Crippen molar-refractivity contribution in [3.63, 3.8) is 0 Å². The van der Waals surface area contributed by atoms with E-state index < -0.39 is 5.97 Å². The zero-order chi connectivity index (χ0) is 12.4. The average molecular weight is 236 g/mol. The molecule has 0 aromatic heterocycles. The zero-order valence-electron chi connectivity index (χ0n) is 10.0. The van der Waals surface area contributed by atoms with E-state index >= 15 is 0 Å². The van der Waals surface area contributed by atoms with Crippen LogP contribution in [0.1, 0.15) is 30.9 Å². The molecule has 92 valence electrons. The second kappa shape index (κ2) is 4.65. The highest BCUT2D eigenvalue weighted by Gasteiger charge is 2.22. The van der Waals surface area contributed by atoms with Crippen LogP contribution in [0.5, 0.6) is 11.5 Å². The van der Waals surface area contributed by atoms with Crippen LogP contribution in [-0.4, -0.2) is 24.3 Å². The number of rotatable bonds is 3. The summed E-state index contributed by atoms with van der Waals surface area (Å²) < 4.78 is 11.1. The van der Waals surface area contributed by atoms with E-state index in [4.69, 9.17) is 14.6 Å². The van der Waals surface area contributed by atoms with Gasteiger partial charge in [-0.05, 0) is 17.5 Å². The van der Waals surface area contributed by atoms with E-state index in [-0.39, 0.29) is 12.3 Å². The second-order valence-corrected chi connectivity index (χ2v) is 4.39. The van der Waals surface area contributed by atoms with E-state index in [0.717, 1.165) is 11.1 Å². The van der Waals surface area contributed by atoms with Gasteiger partial charge in [-0.2, -0.15) is 0 Å². The molecule has 0 atom stereocenters. The number of carbonyl (C=O) groups is 1. The highest BCUT2D eigenvalue weighted by molar-refractivity contribution is 5.72. The van der Waals surface area contributed by atoms with Gasteiger partial charge in [-0.15, -0.1) is 0 Å². The summed E-state index contributed by atoms with van der Waals surface area (Å²) in [5.74, 6) is 0.809. The lowest BCUT2D eigenvalue weighted by atomic mass is 9.93. The summed E-state index contributed by atoms with van der Waals surface area (Å²) in [6, 6.07) is 3.61. The first-order valence-electron chi connectivity index (χ1n) is 5.72. The van der Waals surface area contributed by atoms with E-state index in [1.54, 1.807) is 6.07 Å². The van der Waals surface area contributed by atoms with Gasteiger partial charge in [0.2, 0.25) is 0 Å². The Bertz CT molecular complexity index is 437. The fraction of sp³-hybridized carbons (Fsp3) is 0.462. The number of fused-ring (bicyclic) bond motifs is 1. The standard InChI is InChI=1S/C13H16O4/c1-8(2)12-9(7-11(14)15)3-4-10-13(12)17-6-5-16-10/h3-4,8H,5-7H2,1-2H3,(H,14,15). The van der Waals surface area contributed by atoms with Gasteiger partial charge in [-0.1, -0.05) is 19.9 Å². The minimum atomic E-state index is -0.830. The molecule has 0 fully saturated rings. The molecule has 1 aromatic carbocycles. The van der Waals surface area contributed by atoms with Crippen molar-refractivity contribution in [2.24, 2.45) is 0 Å². The number of hydrogen-bond donors (Lipinski definition) is 1. The molecule has 0 aliphatic carbocycles. The number of carboxylic acids is 1. The molecule has 4 nitrogen and oxygen atoms in total. The van der Waals surface area contributed by atoms with Crippen molar-refractivity contribution in [2.75, 3.05) is 13.2 Å². The summed E-state index contributed by atoms with van der Waals surface area (Å²) in [7, 11) is 0. The average Bonchev–Trinajstić information content (AvgIpc) is 2.27. The van der Waals surface area contributed by atoms with Crippen molar-refractivity contribution in [2.45, 2.75) is 26.2 Å². The third kappa shape index (κ3) is 2.35. The third-order valence-corrected chi connectivity index (χ3v) is 2.76. The molecule has 0 bridgehead atoms. The van der Waals surface area contributed by atoms with E-state index in [1.165, 1.54) is 0 Å². The first-order chi connectivity index (χ1) is 8.09. The first-order valence-corrected chi connectivity index (χ1v) is 5.72. The van der Waals surface area contributed by atoms with Crippen molar-refractivity contribution in [1.82, 2.24) is 0 Å². The predicted octanol–water partition coefficient (Wildman–Crippen LogP) is 2.21. The molecule has 4 heteroatoms. The Morgan fingerprint density at radius 1 is 1.35 bits per heavy atom. The van der Waals surface area contributed by atoms with Gasteiger partial charge in [0.05, 0.1) is 6.42 Å². The van der Waals surface area contributed by atoms with Gasteiger partial charge < -0.3 is 14.6 Å². The van der Waals surface area contributed by atoms with Crippen LogP contribution in [0, 0.1) is 0 Å². The van der Waals surface area contributed by atoms with Crippen molar-refractivity contribution in [3.05, 3.63) is 23.3 Å². The Morgan fingerprint density at radius 2 is 2.06 bits per heavy atom. The van der Waals surface area contributed by atoms with E-state index in [9.17, 15) is 4.79 Å². The first kappa shape index (κ1) is 11.8. The molecule has 1 aliphatic heterocycles. The number of ether oxygens (including phenoxy) is 2. The molecule has 0 saturated heterocycles. The molecule has 1 aliphatic rings. The maximum absolute atomic E-state index is 10.8. The van der Waals surface area contributed by atoms with Crippen LogP contribution in [0.3, 0.4) is 0 Å². The topological polar surface area (TPSA) is 55.8 Å². The lowest BCUT2D eigenvalue weighted by Gasteiger charge is -2.24. The highest BCUT2D eigenvalue weighted by atomic mass is 16.6. The highest BCUT2D eigenvalue weighted by Crippen LogP contribution is 2.40. The fourth-order valence-corrected chi connectivity index (χ4v) is 2.13. The van der Waals surface area contributed by atoms with E-state index in [0.29, 0.717) is 24.7 Å². The summed E-state index contributed by atoms with van der Waals surface area (Å²) in [5.41, 5.74) is 1.75. The van der Waals surface area contributed by atoms with Gasteiger partial charge in [0.25, 0.3) is 0 Å². The molecule has 2 rings (SSSR count). The monoisotopic (exact) mass is 236 g/mol. The van der Waals surface area contributed by atoms with E-state index in [2.05, 4.69) is 0 Å². The SMILES string of the molecule is CC(C)c1c(CC(=O)O)ccc2c1OCCO2. The maximum atomic E-state index is 10.8. The maximum Gasteiger partial charge on any atom is 0.307 e. The zero-order valence-corrected chi connectivity index (χ0v) is 10.0. The van der Waals surface area contributed by atoms with Gasteiger partial charge >= 0.3 is 5.97 Å². The lowest BCUT2D eigenvalue weighted by Crippen LogP contribution is -2.18. The van der Waals surface area contributed by atoms with Crippen LogP contribution < -0.4 is 9.47 Å². The third-order valence-electron chi connectivity index (χ3n) is 2.76. The molecule has 1 aromatic rings. The molecule has 0 unspecified atom stereocenters. The van der Waals surface area contributed by atoms with E-state index in [1.807, 2.05) is 19.9 Å². The predicted molar refractivity (Wildman–Crippen MR) is 62.9 cm³/mol. The number of carboxylic acid groups (broad SMARTS) is 1. The van der Waals surface area contributed by atoms with Crippen molar-refractivity contribution in [3.8, 4) is 11.5 Å². The molecule has 0 saturated carbocycles. The minimum Gasteiger partial charge on any atom is -0.486 e. The Hall–Kier alpha value is -1.71.